The number of carboxylic acid groups (broad SMARTS) is 1. The number of ether oxygens (including phenoxy) is 4. The zero-order valence-electron chi connectivity index (χ0n) is 50.7. The molecule has 0 aromatic heterocycles. The molecule has 75 heavy (non-hydrogen) atoms. The van der Waals surface area contributed by atoms with Gasteiger partial charge >= 0.3 is 17.9 Å². The third-order valence-electron chi connectivity index (χ3n) is 15.0. The van der Waals surface area contributed by atoms with Crippen molar-refractivity contribution in [2.24, 2.45) is 0 Å². The average molecular weight is 1060 g/mol. The molecule has 0 bridgehead atoms. The van der Waals surface area contributed by atoms with E-state index < -0.39 is 18.4 Å². The lowest BCUT2D eigenvalue weighted by Crippen LogP contribution is -2.40. The van der Waals surface area contributed by atoms with Crippen molar-refractivity contribution in [1.82, 2.24) is 0 Å². The van der Waals surface area contributed by atoms with Crippen LogP contribution in [0.1, 0.15) is 335 Å². The van der Waals surface area contributed by atoms with Crippen molar-refractivity contribution in [3.63, 3.8) is 0 Å². The van der Waals surface area contributed by atoms with Gasteiger partial charge in [-0.25, -0.2) is 4.79 Å². The maximum Gasteiger partial charge on any atom is 0.361 e. The number of hydrogen-bond donors (Lipinski definition) is 1. The van der Waals surface area contributed by atoms with Gasteiger partial charge in [0.15, 0.2) is 6.10 Å². The number of aliphatic carboxylic acids is 1. The van der Waals surface area contributed by atoms with Gasteiger partial charge in [0, 0.05) is 12.8 Å². The largest absolute Gasteiger partial charge is 0.477 e. The SMILES string of the molecule is CCCCCCCCCC/C=C\CCCCCCCCCCCCCCCCCCCCCCCC(=O)OC(COC(=O)CCCCCCCCCCCCCCCCCCC)COC(OCC[N+](C)(C)C)C(=O)O. The van der Waals surface area contributed by atoms with Crippen molar-refractivity contribution < 1.29 is 42.9 Å². The van der Waals surface area contributed by atoms with Crippen molar-refractivity contribution in [3.05, 3.63) is 12.2 Å². The van der Waals surface area contributed by atoms with Crippen LogP contribution in [0, 0.1) is 0 Å². The molecule has 0 radical (unpaired) electrons. The third kappa shape index (κ3) is 59.5. The highest BCUT2D eigenvalue weighted by atomic mass is 16.7. The van der Waals surface area contributed by atoms with Gasteiger partial charge in [0.05, 0.1) is 34.4 Å². The fourth-order valence-electron chi connectivity index (χ4n) is 9.95. The Morgan fingerprint density at radius 1 is 0.387 bits per heavy atom. The zero-order valence-corrected chi connectivity index (χ0v) is 50.7. The Morgan fingerprint density at radius 3 is 0.987 bits per heavy atom. The van der Waals surface area contributed by atoms with E-state index in [9.17, 15) is 19.5 Å². The van der Waals surface area contributed by atoms with E-state index in [2.05, 4.69) is 26.0 Å². The molecule has 0 aromatic rings. The van der Waals surface area contributed by atoms with Crippen LogP contribution in [0.5, 0.6) is 0 Å². The van der Waals surface area contributed by atoms with E-state index in [1.165, 1.54) is 270 Å². The number of likely N-dealkylation sites (N-methyl/N-ethyl adjacent to an activating group) is 1. The lowest BCUT2D eigenvalue weighted by molar-refractivity contribution is -0.870. The Hall–Kier alpha value is -1.97. The van der Waals surface area contributed by atoms with Crippen LogP contribution in [0.4, 0.5) is 0 Å². The first kappa shape index (κ1) is 73.0. The Labute approximate surface area is 465 Å². The number of carboxylic acids is 1. The van der Waals surface area contributed by atoms with Crippen molar-refractivity contribution in [2.75, 3.05) is 47.5 Å². The summed E-state index contributed by atoms with van der Waals surface area (Å²) in [5, 5.41) is 9.72. The molecular weight excluding hydrogens is 935 g/mol. The predicted molar refractivity (Wildman–Crippen MR) is 318 cm³/mol. The van der Waals surface area contributed by atoms with E-state index in [0.29, 0.717) is 17.4 Å². The van der Waals surface area contributed by atoms with E-state index >= 15 is 0 Å². The minimum Gasteiger partial charge on any atom is -0.477 e. The second-order valence-electron chi connectivity index (χ2n) is 23.8. The Balaban J connectivity index is 4.03. The molecule has 0 heterocycles. The van der Waals surface area contributed by atoms with E-state index in [1.807, 2.05) is 21.1 Å². The molecule has 0 aliphatic heterocycles. The van der Waals surface area contributed by atoms with Gasteiger partial charge < -0.3 is 28.5 Å². The molecule has 9 nitrogen and oxygen atoms in total. The molecule has 0 aliphatic rings. The van der Waals surface area contributed by atoms with Gasteiger partial charge in [-0.2, -0.15) is 0 Å². The lowest BCUT2D eigenvalue weighted by atomic mass is 10.0. The second kappa shape index (κ2) is 58.2. The van der Waals surface area contributed by atoms with Crippen LogP contribution in [0.25, 0.3) is 0 Å². The molecule has 0 rings (SSSR count). The Kier molecular flexibility index (Phi) is 56.7. The predicted octanol–water partition coefficient (Wildman–Crippen LogP) is 19.7. The van der Waals surface area contributed by atoms with Crippen molar-refractivity contribution in [2.45, 2.75) is 347 Å². The summed E-state index contributed by atoms with van der Waals surface area (Å²) < 4.78 is 22.9. The minimum absolute atomic E-state index is 0.173. The van der Waals surface area contributed by atoms with Crippen LogP contribution in [-0.4, -0.2) is 87.4 Å². The summed E-state index contributed by atoms with van der Waals surface area (Å²) in [5.41, 5.74) is 0. The van der Waals surface area contributed by atoms with E-state index in [0.717, 1.165) is 38.5 Å². The van der Waals surface area contributed by atoms with E-state index in [-0.39, 0.29) is 38.2 Å². The summed E-state index contributed by atoms with van der Waals surface area (Å²) in [6, 6.07) is 0. The first-order valence-electron chi connectivity index (χ1n) is 32.9. The summed E-state index contributed by atoms with van der Waals surface area (Å²) >= 11 is 0. The highest BCUT2D eigenvalue weighted by Crippen LogP contribution is 2.18. The van der Waals surface area contributed by atoms with Gasteiger partial charge in [-0.05, 0) is 38.5 Å². The summed E-state index contributed by atoms with van der Waals surface area (Å²) in [6.07, 6.45) is 66.1. The molecule has 0 saturated carbocycles. The molecular formula is C66H128NO8+. The molecule has 2 atom stereocenters. The summed E-state index contributed by atoms with van der Waals surface area (Å²) in [4.78, 5) is 37.5. The molecule has 444 valence electrons. The molecule has 0 aromatic carbocycles. The van der Waals surface area contributed by atoms with Crippen LogP contribution in [0.15, 0.2) is 12.2 Å². The summed E-state index contributed by atoms with van der Waals surface area (Å²) in [7, 11) is 5.99. The molecule has 0 spiro atoms. The van der Waals surface area contributed by atoms with Gasteiger partial charge in [0.2, 0.25) is 0 Å². The average Bonchev–Trinajstić information content (AvgIpc) is 3.38. The normalized spacial score (nSPS) is 12.7. The molecule has 0 aliphatic carbocycles. The molecule has 9 heteroatoms. The number of carbonyl (C=O) groups excluding carboxylic acids is 2. The molecule has 0 amide bonds. The standard InChI is InChI=1S/C66H127NO8/c1-6-8-10-12-14-16-18-20-22-24-25-26-27-28-29-30-31-32-33-34-35-36-37-38-39-41-43-45-47-49-51-53-55-57-64(69)75-62(61-74-66(65(70)71)72-59-58-67(3,4)5)60-73-63(68)56-54-52-50-48-46-44-42-40-23-21-19-17-15-13-11-9-7-2/h24-25,62,66H,6-23,26-61H2,1-5H3/p+1/b25-24-. The fourth-order valence-corrected chi connectivity index (χ4v) is 9.95. The van der Waals surface area contributed by atoms with Crippen LogP contribution < -0.4 is 0 Å². The van der Waals surface area contributed by atoms with Crippen molar-refractivity contribution >= 4 is 17.9 Å². The number of rotatable bonds is 62. The first-order valence-corrected chi connectivity index (χ1v) is 32.9. The third-order valence-corrected chi connectivity index (χ3v) is 15.0. The molecule has 0 fully saturated rings. The minimum atomic E-state index is -1.50. The highest BCUT2D eigenvalue weighted by molar-refractivity contribution is 5.71. The Morgan fingerprint density at radius 2 is 0.680 bits per heavy atom. The van der Waals surface area contributed by atoms with Gasteiger partial charge in [0.25, 0.3) is 6.29 Å². The van der Waals surface area contributed by atoms with Crippen molar-refractivity contribution in [1.29, 1.82) is 0 Å². The number of carbonyl (C=O) groups is 3. The zero-order chi connectivity index (χ0) is 54.8. The quantitative estimate of drug-likeness (QED) is 0.0211. The maximum atomic E-state index is 12.9. The van der Waals surface area contributed by atoms with Gasteiger partial charge in [-0.15, -0.1) is 0 Å². The highest BCUT2D eigenvalue weighted by Gasteiger charge is 2.25. The fraction of sp³-hybridized carbons (Fsp3) is 0.924. The van der Waals surface area contributed by atoms with Gasteiger partial charge in [-0.1, -0.05) is 296 Å². The van der Waals surface area contributed by atoms with Crippen LogP contribution in [0.3, 0.4) is 0 Å². The number of allylic oxidation sites excluding steroid dienone is 2. The monoisotopic (exact) mass is 1060 g/mol. The van der Waals surface area contributed by atoms with E-state index in [1.54, 1.807) is 0 Å². The number of nitrogens with zero attached hydrogens (tertiary/aromatic N) is 1. The molecule has 1 N–H and O–H groups in total. The number of quaternary nitrogens is 1. The first-order chi connectivity index (χ1) is 36.6. The maximum absolute atomic E-state index is 12.9. The van der Waals surface area contributed by atoms with Gasteiger partial charge in [0.1, 0.15) is 13.2 Å². The van der Waals surface area contributed by atoms with Gasteiger partial charge in [-0.3, -0.25) is 9.59 Å². The van der Waals surface area contributed by atoms with Crippen molar-refractivity contribution in [3.8, 4) is 0 Å². The van der Waals surface area contributed by atoms with Crippen LogP contribution >= 0.6 is 0 Å². The lowest BCUT2D eigenvalue weighted by Gasteiger charge is -2.25. The second-order valence-corrected chi connectivity index (χ2v) is 23.8. The number of esters is 2. The smallest absolute Gasteiger partial charge is 0.361 e. The topological polar surface area (TPSA) is 108 Å². The number of hydrogen-bond acceptors (Lipinski definition) is 7. The van der Waals surface area contributed by atoms with Crippen LogP contribution in [-0.2, 0) is 33.3 Å². The summed E-state index contributed by atoms with van der Waals surface area (Å²) in [5.74, 6) is -1.97. The Bertz CT molecular complexity index is 1240. The summed E-state index contributed by atoms with van der Waals surface area (Å²) in [6.45, 7) is 4.95. The molecule has 0 saturated heterocycles. The van der Waals surface area contributed by atoms with E-state index in [4.69, 9.17) is 18.9 Å². The van der Waals surface area contributed by atoms with Crippen LogP contribution in [0.2, 0.25) is 0 Å². The number of unbranched alkanes of at least 4 members (excludes halogenated alkanes) is 45. The molecule has 2 unspecified atom stereocenters.